The first-order valence-corrected chi connectivity index (χ1v) is 4.73. The van der Waals surface area contributed by atoms with Gasteiger partial charge in [0.1, 0.15) is 17.0 Å². The lowest BCUT2D eigenvalue weighted by Crippen LogP contribution is -2.00. The Morgan fingerprint density at radius 3 is 2.31 bits per heavy atom. The molecule has 2 aromatic rings. The number of aromatic nitrogens is 1. The van der Waals surface area contributed by atoms with Crippen LogP contribution in [0.4, 0.5) is 11.4 Å². The Balaban J connectivity index is 2.90. The van der Waals surface area contributed by atoms with Crippen molar-refractivity contribution in [3.05, 3.63) is 18.3 Å². The summed E-state index contributed by atoms with van der Waals surface area (Å²) in [6, 6.07) is 3.56. The van der Waals surface area contributed by atoms with Gasteiger partial charge in [-0.3, -0.25) is 0 Å². The number of nitrogens with zero attached hydrogens (tertiary/aromatic N) is 1. The Bertz CT molecular complexity index is 540. The fourth-order valence-electron chi connectivity index (χ4n) is 1.62. The molecule has 0 spiro atoms. The molecule has 0 aliphatic carbocycles. The second-order valence-electron chi connectivity index (χ2n) is 3.32. The van der Waals surface area contributed by atoms with Crippen molar-refractivity contribution in [3.8, 4) is 11.5 Å². The van der Waals surface area contributed by atoms with E-state index in [1.807, 2.05) is 0 Å². The molecule has 5 nitrogen and oxygen atoms in total. The maximum Gasteiger partial charge on any atom is 0.145 e. The number of nitrogen functional groups attached to an aromatic ring is 2. The standard InChI is InChI=1S/C11H13N3O2/c1-15-7-3-4-8(16-2)11-9(7)10(13)6(12)5-14-11/h3-5H,12H2,1-2H3,(H2,13,14). The third-order valence-electron chi connectivity index (χ3n) is 2.46. The molecule has 2 rings (SSSR count). The van der Waals surface area contributed by atoms with Crippen molar-refractivity contribution in [1.29, 1.82) is 0 Å². The summed E-state index contributed by atoms with van der Waals surface area (Å²) in [5.74, 6) is 1.27. The molecule has 0 unspecified atom stereocenters. The normalized spacial score (nSPS) is 10.4. The van der Waals surface area contributed by atoms with Crippen LogP contribution in [0.15, 0.2) is 18.3 Å². The zero-order valence-corrected chi connectivity index (χ0v) is 9.15. The van der Waals surface area contributed by atoms with E-state index in [0.29, 0.717) is 33.8 Å². The van der Waals surface area contributed by atoms with Crippen LogP contribution < -0.4 is 20.9 Å². The number of hydrogen-bond donors (Lipinski definition) is 2. The van der Waals surface area contributed by atoms with Gasteiger partial charge in [0, 0.05) is 0 Å². The van der Waals surface area contributed by atoms with E-state index in [4.69, 9.17) is 20.9 Å². The Hall–Kier alpha value is -2.17. The van der Waals surface area contributed by atoms with Gasteiger partial charge in [-0.2, -0.15) is 0 Å². The second kappa shape index (κ2) is 3.77. The number of ether oxygens (including phenoxy) is 2. The van der Waals surface area contributed by atoms with E-state index in [-0.39, 0.29) is 0 Å². The van der Waals surface area contributed by atoms with Crippen molar-refractivity contribution in [2.24, 2.45) is 0 Å². The lowest BCUT2D eigenvalue weighted by atomic mass is 10.1. The summed E-state index contributed by atoms with van der Waals surface area (Å²) >= 11 is 0. The highest BCUT2D eigenvalue weighted by molar-refractivity contribution is 6.02. The Labute approximate surface area is 93.0 Å². The monoisotopic (exact) mass is 219 g/mol. The molecule has 4 N–H and O–H groups in total. The fraction of sp³-hybridized carbons (Fsp3) is 0.182. The zero-order valence-electron chi connectivity index (χ0n) is 9.15. The van der Waals surface area contributed by atoms with E-state index >= 15 is 0 Å². The molecule has 0 aliphatic heterocycles. The topological polar surface area (TPSA) is 83.4 Å². The zero-order chi connectivity index (χ0) is 11.7. The lowest BCUT2D eigenvalue weighted by molar-refractivity contribution is 0.410. The molecule has 0 bridgehead atoms. The van der Waals surface area contributed by atoms with Gasteiger partial charge in [-0.1, -0.05) is 0 Å². The third-order valence-corrected chi connectivity index (χ3v) is 2.46. The summed E-state index contributed by atoms with van der Waals surface area (Å²) in [6.07, 6.45) is 1.51. The van der Waals surface area contributed by atoms with Crippen LogP contribution in [0.1, 0.15) is 0 Å². The first-order valence-electron chi connectivity index (χ1n) is 4.73. The van der Waals surface area contributed by atoms with Crippen molar-refractivity contribution in [1.82, 2.24) is 4.98 Å². The number of hydrogen-bond acceptors (Lipinski definition) is 5. The van der Waals surface area contributed by atoms with Crippen LogP contribution in [-0.4, -0.2) is 19.2 Å². The van der Waals surface area contributed by atoms with Gasteiger partial charge < -0.3 is 20.9 Å². The average Bonchev–Trinajstić information content (AvgIpc) is 2.32. The molecule has 0 atom stereocenters. The highest BCUT2D eigenvalue weighted by atomic mass is 16.5. The second-order valence-corrected chi connectivity index (χ2v) is 3.32. The summed E-state index contributed by atoms with van der Waals surface area (Å²) in [4.78, 5) is 4.21. The van der Waals surface area contributed by atoms with Gasteiger partial charge in [0.2, 0.25) is 0 Å². The molecule has 0 saturated carbocycles. The molecule has 1 heterocycles. The summed E-state index contributed by atoms with van der Waals surface area (Å²) < 4.78 is 10.4. The summed E-state index contributed by atoms with van der Waals surface area (Å²) in [5, 5.41) is 0.682. The van der Waals surface area contributed by atoms with Crippen LogP contribution in [0.3, 0.4) is 0 Å². The number of benzene rings is 1. The van der Waals surface area contributed by atoms with Gasteiger partial charge in [-0.15, -0.1) is 0 Å². The molecule has 0 saturated heterocycles. The molecule has 1 aromatic heterocycles. The predicted molar refractivity (Wildman–Crippen MR) is 63.7 cm³/mol. The summed E-state index contributed by atoms with van der Waals surface area (Å²) in [5.41, 5.74) is 13.2. The Morgan fingerprint density at radius 1 is 1.06 bits per heavy atom. The van der Waals surface area contributed by atoms with Gasteiger partial charge in [0.25, 0.3) is 0 Å². The van der Waals surface area contributed by atoms with Gasteiger partial charge in [0.15, 0.2) is 0 Å². The highest BCUT2D eigenvalue weighted by Gasteiger charge is 2.12. The molecule has 1 aromatic carbocycles. The number of nitrogens with two attached hydrogens (primary N) is 2. The van der Waals surface area contributed by atoms with Crippen molar-refractivity contribution in [2.45, 2.75) is 0 Å². The Kier molecular flexibility index (Phi) is 2.44. The molecule has 0 amide bonds. The highest BCUT2D eigenvalue weighted by Crippen LogP contribution is 2.37. The van der Waals surface area contributed by atoms with Gasteiger partial charge in [-0.25, -0.2) is 4.98 Å². The van der Waals surface area contributed by atoms with E-state index in [2.05, 4.69) is 4.98 Å². The number of rotatable bonds is 2. The quantitative estimate of drug-likeness (QED) is 0.798. The van der Waals surface area contributed by atoms with Crippen LogP contribution >= 0.6 is 0 Å². The van der Waals surface area contributed by atoms with Crippen LogP contribution in [-0.2, 0) is 0 Å². The number of anilines is 2. The predicted octanol–water partition coefficient (Wildman–Crippen LogP) is 1.42. The van der Waals surface area contributed by atoms with Crippen molar-refractivity contribution < 1.29 is 9.47 Å². The van der Waals surface area contributed by atoms with Crippen LogP contribution in [0.5, 0.6) is 11.5 Å². The summed E-state index contributed by atoms with van der Waals surface area (Å²) in [6.45, 7) is 0. The average molecular weight is 219 g/mol. The SMILES string of the molecule is COc1ccc(OC)c2c(N)c(N)cnc12. The number of fused-ring (bicyclic) bond motifs is 1. The van der Waals surface area contributed by atoms with E-state index < -0.39 is 0 Å². The largest absolute Gasteiger partial charge is 0.496 e. The lowest BCUT2D eigenvalue weighted by Gasteiger charge is -2.11. The minimum Gasteiger partial charge on any atom is -0.496 e. The van der Waals surface area contributed by atoms with E-state index in [0.717, 1.165) is 0 Å². The van der Waals surface area contributed by atoms with Crippen molar-refractivity contribution in [3.63, 3.8) is 0 Å². The third kappa shape index (κ3) is 1.37. The van der Waals surface area contributed by atoms with Crippen LogP contribution in [0.2, 0.25) is 0 Å². The maximum atomic E-state index is 5.92. The van der Waals surface area contributed by atoms with E-state index in [1.165, 1.54) is 6.20 Å². The first kappa shape index (κ1) is 10.4. The van der Waals surface area contributed by atoms with E-state index in [9.17, 15) is 0 Å². The van der Waals surface area contributed by atoms with Crippen LogP contribution in [0, 0.1) is 0 Å². The molecule has 5 heteroatoms. The minimum atomic E-state index is 0.430. The molecular formula is C11H13N3O2. The fourth-order valence-corrected chi connectivity index (χ4v) is 1.62. The van der Waals surface area contributed by atoms with Crippen molar-refractivity contribution >= 4 is 22.3 Å². The minimum absolute atomic E-state index is 0.430. The molecule has 0 fully saturated rings. The van der Waals surface area contributed by atoms with Crippen molar-refractivity contribution in [2.75, 3.05) is 25.7 Å². The molecule has 84 valence electrons. The van der Waals surface area contributed by atoms with Gasteiger partial charge >= 0.3 is 0 Å². The molecule has 0 aliphatic rings. The first-order chi connectivity index (χ1) is 7.69. The van der Waals surface area contributed by atoms with Gasteiger partial charge in [-0.05, 0) is 12.1 Å². The van der Waals surface area contributed by atoms with Gasteiger partial charge in [0.05, 0.1) is 37.2 Å². The smallest absolute Gasteiger partial charge is 0.145 e. The molecular weight excluding hydrogens is 206 g/mol. The molecule has 0 radical (unpaired) electrons. The maximum absolute atomic E-state index is 5.92. The molecule has 16 heavy (non-hydrogen) atoms. The number of pyridine rings is 1. The van der Waals surface area contributed by atoms with Crippen LogP contribution in [0.25, 0.3) is 10.9 Å². The van der Waals surface area contributed by atoms with E-state index in [1.54, 1.807) is 26.4 Å². The number of methoxy groups -OCH3 is 2. The Morgan fingerprint density at radius 2 is 1.69 bits per heavy atom. The summed E-state index contributed by atoms with van der Waals surface area (Å²) in [7, 11) is 3.15.